The van der Waals surface area contributed by atoms with Crippen molar-refractivity contribution in [3.63, 3.8) is 0 Å². The molecule has 0 saturated carbocycles. The SMILES string of the molecule is CCC(N)Cc1ccc(OCc2ccccc2)c(C(=O)OCc2ccccc2)c1. The van der Waals surface area contributed by atoms with Crippen molar-refractivity contribution >= 4 is 5.97 Å². The average molecular weight is 389 g/mol. The highest BCUT2D eigenvalue weighted by Crippen LogP contribution is 2.24. The zero-order valence-corrected chi connectivity index (χ0v) is 16.7. The zero-order chi connectivity index (χ0) is 20.5. The van der Waals surface area contributed by atoms with Gasteiger partial charge in [-0.1, -0.05) is 73.7 Å². The molecule has 0 aliphatic rings. The van der Waals surface area contributed by atoms with Crippen LogP contribution >= 0.6 is 0 Å². The fourth-order valence-corrected chi connectivity index (χ4v) is 2.97. The number of hydrogen-bond acceptors (Lipinski definition) is 4. The van der Waals surface area contributed by atoms with Crippen LogP contribution in [-0.4, -0.2) is 12.0 Å². The summed E-state index contributed by atoms with van der Waals surface area (Å²) in [5.41, 5.74) is 9.49. The van der Waals surface area contributed by atoms with Gasteiger partial charge in [0.15, 0.2) is 0 Å². The summed E-state index contributed by atoms with van der Waals surface area (Å²) in [6.07, 6.45) is 1.58. The molecule has 3 rings (SSSR count). The van der Waals surface area contributed by atoms with E-state index in [1.165, 1.54) is 0 Å². The molecule has 0 aromatic heterocycles. The van der Waals surface area contributed by atoms with Crippen LogP contribution in [0.4, 0.5) is 0 Å². The van der Waals surface area contributed by atoms with E-state index in [4.69, 9.17) is 15.2 Å². The van der Waals surface area contributed by atoms with E-state index in [9.17, 15) is 4.79 Å². The Morgan fingerprint density at radius 2 is 1.48 bits per heavy atom. The molecule has 0 fully saturated rings. The summed E-state index contributed by atoms with van der Waals surface area (Å²) in [6.45, 7) is 2.65. The standard InChI is InChI=1S/C25H27NO3/c1-2-22(26)15-21-13-14-24(28-17-19-9-5-3-6-10-19)23(16-21)25(27)29-18-20-11-7-4-8-12-20/h3-14,16,22H,2,15,17-18,26H2,1H3. The van der Waals surface area contributed by atoms with Crippen molar-refractivity contribution in [2.45, 2.75) is 39.0 Å². The summed E-state index contributed by atoms with van der Waals surface area (Å²) in [6, 6.07) is 25.2. The molecule has 3 aromatic rings. The molecule has 4 heteroatoms. The first-order valence-electron chi connectivity index (χ1n) is 9.92. The first-order valence-corrected chi connectivity index (χ1v) is 9.92. The van der Waals surface area contributed by atoms with Crippen LogP contribution in [0.15, 0.2) is 78.9 Å². The van der Waals surface area contributed by atoms with Crippen LogP contribution in [-0.2, 0) is 24.4 Å². The largest absolute Gasteiger partial charge is 0.488 e. The molecule has 1 unspecified atom stereocenters. The van der Waals surface area contributed by atoms with E-state index in [2.05, 4.69) is 6.92 Å². The maximum Gasteiger partial charge on any atom is 0.342 e. The van der Waals surface area contributed by atoms with Crippen molar-refractivity contribution in [1.82, 2.24) is 0 Å². The van der Waals surface area contributed by atoms with Gasteiger partial charge >= 0.3 is 5.97 Å². The van der Waals surface area contributed by atoms with Gasteiger partial charge in [-0.2, -0.15) is 0 Å². The van der Waals surface area contributed by atoms with E-state index in [0.29, 0.717) is 24.3 Å². The Morgan fingerprint density at radius 1 is 0.862 bits per heavy atom. The highest BCUT2D eigenvalue weighted by Gasteiger charge is 2.16. The summed E-state index contributed by atoms with van der Waals surface area (Å²) in [4.78, 5) is 12.8. The number of nitrogens with two attached hydrogens (primary N) is 1. The lowest BCUT2D eigenvalue weighted by Crippen LogP contribution is -2.21. The summed E-state index contributed by atoms with van der Waals surface area (Å²) in [5, 5.41) is 0. The van der Waals surface area contributed by atoms with Gasteiger partial charge in [-0.3, -0.25) is 0 Å². The molecular formula is C25H27NO3. The second kappa shape index (κ2) is 10.4. The second-order valence-corrected chi connectivity index (χ2v) is 7.04. The van der Waals surface area contributed by atoms with Crippen LogP contribution in [0.1, 0.15) is 40.4 Å². The first-order chi connectivity index (χ1) is 14.2. The molecule has 0 aliphatic carbocycles. The molecule has 0 bridgehead atoms. The van der Waals surface area contributed by atoms with Crippen LogP contribution < -0.4 is 10.5 Å². The lowest BCUT2D eigenvalue weighted by Gasteiger charge is -2.15. The smallest absolute Gasteiger partial charge is 0.342 e. The van der Waals surface area contributed by atoms with Gasteiger partial charge in [0.2, 0.25) is 0 Å². The Morgan fingerprint density at radius 3 is 2.10 bits per heavy atom. The quantitative estimate of drug-likeness (QED) is 0.529. The maximum atomic E-state index is 12.8. The van der Waals surface area contributed by atoms with Gasteiger partial charge in [0.05, 0.1) is 0 Å². The molecule has 3 aromatic carbocycles. The van der Waals surface area contributed by atoms with Crippen LogP contribution in [0.2, 0.25) is 0 Å². The third-order valence-corrected chi connectivity index (χ3v) is 4.74. The fourth-order valence-electron chi connectivity index (χ4n) is 2.97. The van der Waals surface area contributed by atoms with E-state index >= 15 is 0 Å². The highest BCUT2D eigenvalue weighted by molar-refractivity contribution is 5.92. The van der Waals surface area contributed by atoms with Gasteiger partial charge in [0, 0.05) is 6.04 Å². The Kier molecular flexibility index (Phi) is 7.42. The third kappa shape index (κ3) is 6.19. The lowest BCUT2D eigenvalue weighted by atomic mass is 10.0. The summed E-state index contributed by atoms with van der Waals surface area (Å²) in [7, 11) is 0. The number of carbonyl (C=O) groups excluding carboxylic acids is 1. The number of hydrogen-bond donors (Lipinski definition) is 1. The highest BCUT2D eigenvalue weighted by atomic mass is 16.5. The van der Waals surface area contributed by atoms with E-state index in [0.717, 1.165) is 23.1 Å². The molecule has 29 heavy (non-hydrogen) atoms. The zero-order valence-electron chi connectivity index (χ0n) is 16.7. The van der Waals surface area contributed by atoms with E-state index in [-0.39, 0.29) is 12.6 Å². The van der Waals surface area contributed by atoms with Crippen LogP contribution in [0.25, 0.3) is 0 Å². The minimum absolute atomic E-state index is 0.0549. The van der Waals surface area contributed by atoms with Crippen LogP contribution in [0.5, 0.6) is 5.75 Å². The van der Waals surface area contributed by atoms with Crippen molar-refractivity contribution in [3.05, 3.63) is 101 Å². The molecule has 2 N–H and O–H groups in total. The number of esters is 1. The Labute approximate surface area is 172 Å². The summed E-state index contributed by atoms with van der Waals surface area (Å²) in [5.74, 6) is 0.115. The molecule has 0 spiro atoms. The predicted molar refractivity (Wildman–Crippen MR) is 115 cm³/mol. The number of benzene rings is 3. The molecule has 0 radical (unpaired) electrons. The van der Waals surface area contributed by atoms with Gasteiger partial charge in [-0.05, 0) is 41.7 Å². The molecular weight excluding hydrogens is 362 g/mol. The van der Waals surface area contributed by atoms with Crippen molar-refractivity contribution in [3.8, 4) is 5.75 Å². The fraction of sp³-hybridized carbons (Fsp3) is 0.240. The van der Waals surface area contributed by atoms with E-state index < -0.39 is 5.97 Å². The van der Waals surface area contributed by atoms with Crippen molar-refractivity contribution in [2.75, 3.05) is 0 Å². The first kappa shape index (κ1) is 20.6. The number of rotatable bonds is 9. The molecule has 0 saturated heterocycles. The molecule has 0 heterocycles. The molecule has 0 amide bonds. The summed E-state index contributed by atoms with van der Waals surface area (Å²) >= 11 is 0. The van der Waals surface area contributed by atoms with Gasteiger partial charge in [-0.25, -0.2) is 4.79 Å². The minimum atomic E-state index is -0.399. The third-order valence-electron chi connectivity index (χ3n) is 4.74. The van der Waals surface area contributed by atoms with Crippen molar-refractivity contribution in [2.24, 2.45) is 5.73 Å². The van der Waals surface area contributed by atoms with E-state index in [1.54, 1.807) is 0 Å². The minimum Gasteiger partial charge on any atom is -0.488 e. The Hall–Kier alpha value is -3.11. The Bertz CT molecular complexity index is 910. The van der Waals surface area contributed by atoms with Gasteiger partial charge in [0.25, 0.3) is 0 Å². The van der Waals surface area contributed by atoms with Crippen LogP contribution in [0.3, 0.4) is 0 Å². The molecule has 0 aliphatic heterocycles. The van der Waals surface area contributed by atoms with Crippen molar-refractivity contribution in [1.29, 1.82) is 0 Å². The average Bonchev–Trinajstić information content (AvgIpc) is 2.77. The topological polar surface area (TPSA) is 61.5 Å². The second-order valence-electron chi connectivity index (χ2n) is 7.04. The predicted octanol–water partition coefficient (Wildman–Crippen LogP) is 4.90. The summed E-state index contributed by atoms with van der Waals surface area (Å²) < 4.78 is 11.5. The Balaban J connectivity index is 1.77. The van der Waals surface area contributed by atoms with Gasteiger partial charge in [-0.15, -0.1) is 0 Å². The van der Waals surface area contributed by atoms with E-state index in [1.807, 2.05) is 78.9 Å². The molecule has 1 atom stereocenters. The van der Waals surface area contributed by atoms with Crippen molar-refractivity contribution < 1.29 is 14.3 Å². The maximum absolute atomic E-state index is 12.8. The monoisotopic (exact) mass is 389 g/mol. The lowest BCUT2D eigenvalue weighted by molar-refractivity contribution is 0.0467. The van der Waals surface area contributed by atoms with Gasteiger partial charge < -0.3 is 15.2 Å². The molecule has 4 nitrogen and oxygen atoms in total. The van der Waals surface area contributed by atoms with Gasteiger partial charge in [0.1, 0.15) is 24.5 Å². The molecule has 150 valence electrons. The number of carbonyl (C=O) groups is 1. The van der Waals surface area contributed by atoms with Crippen LogP contribution in [0, 0.1) is 0 Å². The normalized spacial score (nSPS) is 11.7. The number of ether oxygens (including phenoxy) is 2.